The number of nitrogens with zero attached hydrogens (tertiary/aromatic N) is 3. The van der Waals surface area contributed by atoms with Gasteiger partial charge in [-0.3, -0.25) is 14.6 Å². The Balaban J connectivity index is 1.66. The molecule has 0 aliphatic heterocycles. The summed E-state index contributed by atoms with van der Waals surface area (Å²) in [6, 6.07) is 13.4. The summed E-state index contributed by atoms with van der Waals surface area (Å²) in [5, 5.41) is 7.65. The van der Waals surface area contributed by atoms with Crippen molar-refractivity contribution in [2.24, 2.45) is 0 Å². The van der Waals surface area contributed by atoms with Crippen molar-refractivity contribution in [2.45, 2.75) is 6.54 Å². The monoisotopic (exact) mass is 354 g/mol. The maximum atomic E-state index is 12.0. The lowest BCUT2D eigenvalue weighted by atomic mass is 10.2. The minimum Gasteiger partial charge on any atom is -0.350 e. The smallest absolute Gasteiger partial charge is 0.266 e. The highest BCUT2D eigenvalue weighted by Gasteiger charge is 2.06. The summed E-state index contributed by atoms with van der Waals surface area (Å²) in [7, 11) is 0. The molecular weight excluding hydrogens is 340 g/mol. The average Bonchev–Trinajstić information content (AvgIpc) is 2.64. The molecule has 25 heavy (non-hydrogen) atoms. The molecule has 1 aromatic carbocycles. The summed E-state index contributed by atoms with van der Waals surface area (Å²) in [6.45, 7) is 0.553. The van der Waals surface area contributed by atoms with Gasteiger partial charge in [-0.05, 0) is 42.5 Å². The van der Waals surface area contributed by atoms with E-state index in [1.54, 1.807) is 48.8 Å². The van der Waals surface area contributed by atoms with E-state index in [1.807, 2.05) is 6.07 Å². The van der Waals surface area contributed by atoms with Crippen LogP contribution in [0.15, 0.2) is 65.7 Å². The van der Waals surface area contributed by atoms with Gasteiger partial charge in [0.2, 0.25) is 0 Å². The SMILES string of the molecule is O=C(NCCn1nc(-c2cccnc2)ccc1=O)c1ccc(Cl)cc1. The van der Waals surface area contributed by atoms with Gasteiger partial charge in [0, 0.05) is 41.2 Å². The molecule has 0 atom stereocenters. The number of amides is 1. The molecule has 126 valence electrons. The maximum absolute atomic E-state index is 12.0. The highest BCUT2D eigenvalue weighted by atomic mass is 35.5. The van der Waals surface area contributed by atoms with Gasteiger partial charge in [-0.2, -0.15) is 5.10 Å². The fraction of sp³-hybridized carbons (Fsp3) is 0.111. The van der Waals surface area contributed by atoms with Crippen LogP contribution in [0.25, 0.3) is 11.3 Å². The van der Waals surface area contributed by atoms with Gasteiger partial charge in [-0.15, -0.1) is 0 Å². The van der Waals surface area contributed by atoms with E-state index in [-0.39, 0.29) is 24.6 Å². The number of carbonyl (C=O) groups excluding carboxylic acids is 1. The lowest BCUT2D eigenvalue weighted by Crippen LogP contribution is -2.31. The number of aromatic nitrogens is 3. The van der Waals surface area contributed by atoms with Gasteiger partial charge in [0.25, 0.3) is 11.5 Å². The number of hydrogen-bond acceptors (Lipinski definition) is 4. The number of benzene rings is 1. The lowest BCUT2D eigenvalue weighted by Gasteiger charge is -2.08. The predicted octanol–water partition coefficient (Wildman–Crippen LogP) is 2.39. The van der Waals surface area contributed by atoms with Gasteiger partial charge in [0.05, 0.1) is 12.2 Å². The molecule has 3 rings (SSSR count). The second kappa shape index (κ2) is 7.72. The van der Waals surface area contributed by atoms with E-state index in [0.717, 1.165) is 5.56 Å². The Morgan fingerprint density at radius 2 is 1.92 bits per heavy atom. The minimum absolute atomic E-state index is 0.228. The van der Waals surface area contributed by atoms with E-state index in [0.29, 0.717) is 16.3 Å². The van der Waals surface area contributed by atoms with Gasteiger partial charge in [-0.1, -0.05) is 11.6 Å². The Morgan fingerprint density at radius 1 is 1.12 bits per heavy atom. The topological polar surface area (TPSA) is 76.9 Å². The minimum atomic E-state index is -0.229. The molecule has 0 bridgehead atoms. The van der Waals surface area contributed by atoms with Crippen molar-refractivity contribution >= 4 is 17.5 Å². The molecule has 1 N–H and O–H groups in total. The normalized spacial score (nSPS) is 10.4. The standard InChI is InChI=1S/C18H15ClN4O2/c19-15-5-3-13(4-6-15)18(25)21-10-11-23-17(24)8-7-16(22-23)14-2-1-9-20-12-14/h1-9,12H,10-11H2,(H,21,25). The first-order valence-electron chi connectivity index (χ1n) is 7.66. The summed E-state index contributed by atoms with van der Waals surface area (Å²) in [6.07, 6.45) is 3.35. The maximum Gasteiger partial charge on any atom is 0.266 e. The molecule has 0 unspecified atom stereocenters. The van der Waals surface area contributed by atoms with Crippen molar-refractivity contribution in [3.05, 3.63) is 81.9 Å². The van der Waals surface area contributed by atoms with Crippen LogP contribution in [0.4, 0.5) is 0 Å². The third-order valence-corrected chi connectivity index (χ3v) is 3.79. The van der Waals surface area contributed by atoms with Crippen molar-refractivity contribution in [1.29, 1.82) is 0 Å². The highest BCUT2D eigenvalue weighted by Crippen LogP contribution is 2.12. The lowest BCUT2D eigenvalue weighted by molar-refractivity contribution is 0.0952. The summed E-state index contributed by atoms with van der Waals surface area (Å²) in [5.41, 5.74) is 1.75. The van der Waals surface area contributed by atoms with Crippen molar-refractivity contribution in [1.82, 2.24) is 20.1 Å². The quantitative estimate of drug-likeness (QED) is 0.763. The fourth-order valence-electron chi connectivity index (χ4n) is 2.26. The number of rotatable bonds is 5. The van der Waals surface area contributed by atoms with Crippen LogP contribution in [-0.2, 0) is 6.54 Å². The van der Waals surface area contributed by atoms with Gasteiger partial charge >= 0.3 is 0 Å². The molecule has 0 saturated carbocycles. The van der Waals surface area contributed by atoms with E-state index in [4.69, 9.17) is 11.6 Å². The molecule has 2 aromatic heterocycles. The fourth-order valence-corrected chi connectivity index (χ4v) is 2.38. The summed E-state index contributed by atoms with van der Waals surface area (Å²) in [5.74, 6) is -0.229. The number of hydrogen-bond donors (Lipinski definition) is 1. The number of pyridine rings is 1. The van der Waals surface area contributed by atoms with Gasteiger partial charge < -0.3 is 5.32 Å². The third kappa shape index (κ3) is 4.30. The molecular formula is C18H15ClN4O2. The van der Waals surface area contributed by atoms with E-state index < -0.39 is 0 Å². The molecule has 0 fully saturated rings. The van der Waals surface area contributed by atoms with Gasteiger partial charge in [0.1, 0.15) is 0 Å². The van der Waals surface area contributed by atoms with Gasteiger partial charge in [0.15, 0.2) is 0 Å². The molecule has 0 radical (unpaired) electrons. The van der Waals surface area contributed by atoms with Crippen molar-refractivity contribution in [3.8, 4) is 11.3 Å². The highest BCUT2D eigenvalue weighted by molar-refractivity contribution is 6.30. The molecule has 0 spiro atoms. The van der Waals surface area contributed by atoms with Crippen LogP contribution >= 0.6 is 11.6 Å². The number of carbonyl (C=O) groups is 1. The molecule has 7 heteroatoms. The Labute approximate surface area is 149 Å². The van der Waals surface area contributed by atoms with Crippen LogP contribution < -0.4 is 10.9 Å². The Hall–Kier alpha value is -2.99. The molecule has 0 aliphatic carbocycles. The molecule has 2 heterocycles. The number of halogens is 1. The first kappa shape index (κ1) is 16.9. The average molecular weight is 355 g/mol. The van der Waals surface area contributed by atoms with Crippen molar-refractivity contribution in [3.63, 3.8) is 0 Å². The summed E-state index contributed by atoms with van der Waals surface area (Å²) < 4.78 is 1.32. The Bertz CT molecular complexity index is 924. The first-order chi connectivity index (χ1) is 12.1. The van der Waals surface area contributed by atoms with Crippen LogP contribution in [0, 0.1) is 0 Å². The second-order valence-electron chi connectivity index (χ2n) is 5.28. The van der Waals surface area contributed by atoms with E-state index in [9.17, 15) is 9.59 Å². The molecule has 0 aliphatic rings. The van der Waals surface area contributed by atoms with E-state index in [1.165, 1.54) is 10.7 Å². The zero-order valence-corrected chi connectivity index (χ0v) is 14.0. The Morgan fingerprint density at radius 3 is 2.64 bits per heavy atom. The van der Waals surface area contributed by atoms with Crippen molar-refractivity contribution < 1.29 is 4.79 Å². The zero-order chi connectivity index (χ0) is 17.6. The third-order valence-electron chi connectivity index (χ3n) is 3.54. The predicted molar refractivity (Wildman–Crippen MR) is 95.5 cm³/mol. The first-order valence-corrected chi connectivity index (χ1v) is 8.03. The van der Waals surface area contributed by atoms with Crippen molar-refractivity contribution in [2.75, 3.05) is 6.54 Å². The Kier molecular flexibility index (Phi) is 5.20. The van der Waals surface area contributed by atoms with Crippen LogP contribution in [0.2, 0.25) is 5.02 Å². The van der Waals surface area contributed by atoms with E-state index >= 15 is 0 Å². The molecule has 3 aromatic rings. The van der Waals surface area contributed by atoms with Crippen LogP contribution in [0.3, 0.4) is 0 Å². The molecule has 0 saturated heterocycles. The van der Waals surface area contributed by atoms with Crippen LogP contribution in [0.1, 0.15) is 10.4 Å². The van der Waals surface area contributed by atoms with E-state index in [2.05, 4.69) is 15.4 Å². The molecule has 1 amide bonds. The van der Waals surface area contributed by atoms with Crippen LogP contribution in [-0.4, -0.2) is 27.2 Å². The zero-order valence-electron chi connectivity index (χ0n) is 13.2. The second-order valence-corrected chi connectivity index (χ2v) is 5.72. The molecule has 6 nitrogen and oxygen atoms in total. The van der Waals surface area contributed by atoms with Crippen LogP contribution in [0.5, 0.6) is 0 Å². The summed E-state index contributed by atoms with van der Waals surface area (Å²) in [4.78, 5) is 28.0. The number of nitrogens with one attached hydrogen (secondary N) is 1. The largest absolute Gasteiger partial charge is 0.350 e. The van der Waals surface area contributed by atoms with Gasteiger partial charge in [-0.25, -0.2) is 4.68 Å². The summed E-state index contributed by atoms with van der Waals surface area (Å²) >= 11 is 5.80.